The summed E-state index contributed by atoms with van der Waals surface area (Å²) in [4.78, 5) is 7.04. The molecule has 3 rings (SSSR count). The molecule has 1 aromatic carbocycles. The number of nitrogens with zero attached hydrogens (tertiary/aromatic N) is 2. The van der Waals surface area contributed by atoms with Gasteiger partial charge in [0.15, 0.2) is 0 Å². The van der Waals surface area contributed by atoms with Crippen molar-refractivity contribution in [1.82, 2.24) is 4.90 Å². The first kappa shape index (κ1) is 29.3. The van der Waals surface area contributed by atoms with E-state index in [9.17, 15) is 0 Å². The van der Waals surface area contributed by atoms with E-state index in [1.807, 2.05) is 0 Å². The van der Waals surface area contributed by atoms with Crippen LogP contribution < -0.4 is 0 Å². The molecule has 0 saturated carbocycles. The van der Waals surface area contributed by atoms with Crippen LogP contribution in [0, 0.1) is 18.3 Å². The van der Waals surface area contributed by atoms with Gasteiger partial charge < -0.3 is 4.74 Å². The van der Waals surface area contributed by atoms with E-state index in [-0.39, 0.29) is 0 Å². The van der Waals surface area contributed by atoms with Crippen LogP contribution in [0.1, 0.15) is 96.3 Å². The summed E-state index contributed by atoms with van der Waals surface area (Å²) >= 11 is 0. The molecule has 202 valence electrons. The number of allylic oxidation sites excluding steroid dienone is 6. The summed E-state index contributed by atoms with van der Waals surface area (Å²) in [6.45, 7) is 19.4. The first-order valence-corrected chi connectivity index (χ1v) is 14.4. The highest BCUT2D eigenvalue weighted by atomic mass is 16.5. The zero-order valence-corrected chi connectivity index (χ0v) is 24.4. The maximum atomic E-state index is 7.77. The number of rotatable bonds is 10. The first-order chi connectivity index (χ1) is 17.8. The van der Waals surface area contributed by atoms with E-state index < -0.39 is 0 Å². The van der Waals surface area contributed by atoms with Gasteiger partial charge in [-0.2, -0.15) is 0 Å². The maximum absolute atomic E-state index is 7.77. The van der Waals surface area contributed by atoms with Crippen molar-refractivity contribution in [3.05, 3.63) is 64.3 Å². The monoisotopic (exact) mass is 503 g/mol. The van der Waals surface area contributed by atoms with Crippen molar-refractivity contribution >= 4 is 17.1 Å². The number of piperidine rings is 1. The smallest absolute Gasteiger partial charge is 0.117 e. The number of benzene rings is 1. The molecule has 0 bridgehead atoms. The molecule has 0 atom stereocenters. The number of likely N-dealkylation sites (tertiary alicyclic amines) is 1. The molecule has 0 amide bonds. The van der Waals surface area contributed by atoms with Crippen molar-refractivity contribution in [3.8, 4) is 0 Å². The summed E-state index contributed by atoms with van der Waals surface area (Å²) in [7, 11) is 0. The minimum atomic E-state index is 0.356. The Kier molecular flexibility index (Phi) is 11.1. The number of aliphatic imine (C=N–C) groups is 1. The second kappa shape index (κ2) is 14.0. The Hall–Kier alpha value is -2.30. The van der Waals surface area contributed by atoms with Crippen molar-refractivity contribution in [2.45, 2.75) is 92.5 Å². The Morgan fingerprint density at radius 1 is 1.16 bits per heavy atom. The number of aryl methyl sites for hydroxylation is 1. The normalized spacial score (nSPS) is 19.5. The molecule has 0 aliphatic carbocycles. The van der Waals surface area contributed by atoms with E-state index in [1.165, 1.54) is 59.3 Å². The summed E-state index contributed by atoms with van der Waals surface area (Å²) in [5.74, 6) is 1.41. The standard InChI is InChI=1S/C33H49N3O/c1-8-11-31(26(9-2)14-15-29(10-3)35-25(7)34)33(23(4)5)32-20-28(13-12-24(32)6)27-16-18-36(19-17-27)30-21-37-22-30/h9,12-15,20,23,27,30,34H,8,10-11,16-19,21-22H2,1-7H3/b15-14-,26-9+,33-31+,34-25?,35-29?. The molecule has 0 spiro atoms. The number of hydrogen-bond donors (Lipinski definition) is 1. The average Bonchev–Trinajstić information content (AvgIpc) is 2.84. The predicted molar refractivity (Wildman–Crippen MR) is 160 cm³/mol. The van der Waals surface area contributed by atoms with Gasteiger partial charge in [-0.15, -0.1) is 0 Å². The van der Waals surface area contributed by atoms with Gasteiger partial charge in [0.25, 0.3) is 0 Å². The second-order valence-corrected chi connectivity index (χ2v) is 11.0. The van der Waals surface area contributed by atoms with E-state index in [0.29, 0.717) is 23.7 Å². The fourth-order valence-electron chi connectivity index (χ4n) is 5.73. The van der Waals surface area contributed by atoms with Crippen molar-refractivity contribution in [1.29, 1.82) is 5.41 Å². The molecule has 4 heteroatoms. The lowest BCUT2D eigenvalue weighted by molar-refractivity contribution is -0.0712. The van der Waals surface area contributed by atoms with Crippen LogP contribution in [0.3, 0.4) is 0 Å². The number of amidine groups is 1. The molecule has 0 unspecified atom stereocenters. The molecular weight excluding hydrogens is 454 g/mol. The van der Waals surface area contributed by atoms with Gasteiger partial charge in [0.05, 0.1) is 19.3 Å². The fourth-order valence-corrected chi connectivity index (χ4v) is 5.73. The fraction of sp³-hybridized carbons (Fsp3) is 0.576. The summed E-state index contributed by atoms with van der Waals surface area (Å²) in [5.41, 5.74) is 9.41. The van der Waals surface area contributed by atoms with Crippen LogP contribution in [0.25, 0.3) is 5.57 Å². The van der Waals surface area contributed by atoms with Gasteiger partial charge in [-0.25, -0.2) is 4.99 Å². The third-order valence-electron chi connectivity index (χ3n) is 7.88. The highest BCUT2D eigenvalue weighted by Crippen LogP contribution is 2.38. The Balaban J connectivity index is 1.98. The van der Waals surface area contributed by atoms with Crippen LogP contribution >= 0.6 is 0 Å². The van der Waals surface area contributed by atoms with Gasteiger partial charge in [-0.1, -0.05) is 64.5 Å². The van der Waals surface area contributed by atoms with Gasteiger partial charge in [-0.05, 0) is 111 Å². The molecule has 2 aliphatic rings. The Labute approximate surface area is 226 Å². The number of ether oxygens (including phenoxy) is 1. The maximum Gasteiger partial charge on any atom is 0.117 e. The molecule has 4 nitrogen and oxygen atoms in total. The number of nitrogens with one attached hydrogen (secondary N) is 1. The van der Waals surface area contributed by atoms with Gasteiger partial charge in [0, 0.05) is 5.71 Å². The first-order valence-electron chi connectivity index (χ1n) is 14.4. The highest BCUT2D eigenvalue weighted by Gasteiger charge is 2.30. The van der Waals surface area contributed by atoms with E-state index >= 15 is 0 Å². The van der Waals surface area contributed by atoms with E-state index in [1.54, 1.807) is 6.92 Å². The van der Waals surface area contributed by atoms with Crippen LogP contribution in [-0.4, -0.2) is 48.8 Å². The minimum absolute atomic E-state index is 0.356. The van der Waals surface area contributed by atoms with Crippen LogP contribution in [0.5, 0.6) is 0 Å². The third kappa shape index (κ3) is 7.61. The lowest BCUT2D eigenvalue weighted by atomic mass is 9.80. The lowest BCUT2D eigenvalue weighted by Crippen LogP contribution is -2.51. The van der Waals surface area contributed by atoms with Crippen molar-refractivity contribution in [2.75, 3.05) is 26.3 Å². The molecule has 0 radical (unpaired) electrons. The van der Waals surface area contributed by atoms with E-state index in [0.717, 1.165) is 38.2 Å². The molecule has 1 aromatic rings. The average molecular weight is 504 g/mol. The third-order valence-corrected chi connectivity index (χ3v) is 7.88. The van der Waals surface area contributed by atoms with Crippen LogP contribution in [0.15, 0.2) is 52.6 Å². The van der Waals surface area contributed by atoms with Crippen LogP contribution in [0.4, 0.5) is 0 Å². The van der Waals surface area contributed by atoms with Crippen molar-refractivity contribution < 1.29 is 4.74 Å². The SMILES string of the molecule is C/C=C(\C=C/C(CC)=NC(C)=N)C(/CCC)=C(/c1cc(C2CCN(C3COC3)CC2)ccc1C)C(C)C. The largest absolute Gasteiger partial charge is 0.378 e. The summed E-state index contributed by atoms with van der Waals surface area (Å²) < 4.78 is 5.43. The molecule has 0 aromatic heterocycles. The Morgan fingerprint density at radius 3 is 2.38 bits per heavy atom. The highest BCUT2D eigenvalue weighted by molar-refractivity contribution is 6.02. The lowest BCUT2D eigenvalue weighted by Gasteiger charge is -2.41. The molecule has 37 heavy (non-hydrogen) atoms. The van der Waals surface area contributed by atoms with Gasteiger partial charge in [0.2, 0.25) is 0 Å². The van der Waals surface area contributed by atoms with E-state index in [4.69, 9.17) is 10.1 Å². The van der Waals surface area contributed by atoms with Crippen LogP contribution in [-0.2, 0) is 4.74 Å². The Bertz CT molecular complexity index is 1050. The topological polar surface area (TPSA) is 48.7 Å². The molecular formula is C33H49N3O. The Morgan fingerprint density at radius 2 is 1.86 bits per heavy atom. The van der Waals surface area contributed by atoms with Crippen molar-refractivity contribution in [3.63, 3.8) is 0 Å². The minimum Gasteiger partial charge on any atom is -0.378 e. The zero-order valence-electron chi connectivity index (χ0n) is 24.4. The number of hydrogen-bond acceptors (Lipinski definition) is 3. The molecule has 2 saturated heterocycles. The van der Waals surface area contributed by atoms with Gasteiger partial charge in [0.1, 0.15) is 5.84 Å². The second-order valence-electron chi connectivity index (χ2n) is 11.0. The van der Waals surface area contributed by atoms with Gasteiger partial charge in [-0.3, -0.25) is 10.3 Å². The van der Waals surface area contributed by atoms with Crippen LogP contribution in [0.2, 0.25) is 0 Å². The molecule has 2 aliphatic heterocycles. The molecule has 2 fully saturated rings. The van der Waals surface area contributed by atoms with Gasteiger partial charge >= 0.3 is 0 Å². The summed E-state index contributed by atoms with van der Waals surface area (Å²) in [6.07, 6.45) is 12.0. The van der Waals surface area contributed by atoms with Crippen molar-refractivity contribution in [2.24, 2.45) is 10.9 Å². The molecule has 1 N–H and O–H groups in total. The summed E-state index contributed by atoms with van der Waals surface area (Å²) in [6, 6.07) is 7.89. The zero-order chi connectivity index (χ0) is 26.9. The van der Waals surface area contributed by atoms with E-state index in [2.05, 4.69) is 87.9 Å². The predicted octanol–water partition coefficient (Wildman–Crippen LogP) is 8.13. The quantitative estimate of drug-likeness (QED) is 0.199. The molecule has 2 heterocycles. The summed E-state index contributed by atoms with van der Waals surface area (Å²) in [5, 5.41) is 7.77.